The van der Waals surface area contributed by atoms with E-state index in [-0.39, 0.29) is 0 Å². The van der Waals surface area contributed by atoms with Crippen molar-refractivity contribution in [1.82, 2.24) is 40.3 Å². The molecule has 3 N–H and O–H groups in total. The third-order valence-corrected chi connectivity index (χ3v) is 7.66. The molecule has 1 saturated heterocycles. The fourth-order valence-corrected chi connectivity index (χ4v) is 5.38. The Morgan fingerprint density at radius 3 is 2.59 bits per heavy atom. The van der Waals surface area contributed by atoms with Gasteiger partial charge in [0.15, 0.2) is 5.82 Å². The van der Waals surface area contributed by atoms with Crippen molar-refractivity contribution in [3.05, 3.63) is 108 Å². The number of aromatic amines is 2. The van der Waals surface area contributed by atoms with Gasteiger partial charge in [-0.05, 0) is 54.9 Å². The lowest BCUT2D eigenvalue weighted by molar-refractivity contribution is 0.207. The van der Waals surface area contributed by atoms with Gasteiger partial charge in [-0.1, -0.05) is 49.1 Å². The summed E-state index contributed by atoms with van der Waals surface area (Å²) in [7, 11) is 2.16. The van der Waals surface area contributed by atoms with Crippen LogP contribution < -0.4 is 5.32 Å². The highest BCUT2D eigenvalue weighted by atomic mass is 15.3. The topological polar surface area (TPSA) is 88.8 Å². The van der Waals surface area contributed by atoms with Crippen LogP contribution in [0.2, 0.25) is 0 Å². The van der Waals surface area contributed by atoms with Crippen LogP contribution in [0, 0.1) is 6.92 Å². The van der Waals surface area contributed by atoms with Crippen molar-refractivity contribution in [2.75, 3.05) is 33.2 Å². The number of piperazine rings is 1. The van der Waals surface area contributed by atoms with E-state index in [0.717, 1.165) is 95.5 Å². The Balaban J connectivity index is 1.26. The predicted octanol–water partition coefficient (Wildman–Crippen LogP) is 5.39. The van der Waals surface area contributed by atoms with Crippen LogP contribution in [0.5, 0.6) is 0 Å². The summed E-state index contributed by atoms with van der Waals surface area (Å²) in [6.45, 7) is 11.6. The Morgan fingerprint density at radius 2 is 1.78 bits per heavy atom. The molecule has 41 heavy (non-hydrogen) atoms. The Hall–Kier alpha value is -4.53. The van der Waals surface area contributed by atoms with E-state index in [4.69, 9.17) is 4.98 Å². The molecule has 6 rings (SSSR count). The summed E-state index contributed by atoms with van der Waals surface area (Å²) in [5, 5.41) is 12.4. The molecule has 5 aromatic rings. The molecule has 0 unspecified atom stereocenters. The van der Waals surface area contributed by atoms with E-state index in [0.29, 0.717) is 0 Å². The number of H-pyrrole nitrogens is 2. The van der Waals surface area contributed by atoms with E-state index >= 15 is 0 Å². The SMILES string of the molecule is C=C/C=C(\c1nc(-c2n[nH]c3ccc(-c4cncc(CNCc5ccccc5)c4)cc23)[nH]c1C)N1CCN(C)CC1. The fraction of sp³-hybridized carbons (Fsp3) is 0.242. The van der Waals surface area contributed by atoms with Crippen LogP contribution in [0.1, 0.15) is 22.5 Å². The minimum atomic E-state index is 0.747. The number of imidazole rings is 1. The van der Waals surface area contributed by atoms with Crippen molar-refractivity contribution >= 4 is 16.6 Å². The molecule has 0 amide bonds. The van der Waals surface area contributed by atoms with Crippen LogP contribution in [-0.2, 0) is 13.1 Å². The van der Waals surface area contributed by atoms with Gasteiger partial charge < -0.3 is 20.1 Å². The number of allylic oxidation sites excluding steroid dienone is 2. The van der Waals surface area contributed by atoms with E-state index in [2.05, 4.69) is 110 Å². The first-order chi connectivity index (χ1) is 20.1. The highest BCUT2D eigenvalue weighted by molar-refractivity contribution is 5.94. The lowest BCUT2D eigenvalue weighted by Crippen LogP contribution is -2.43. The second-order valence-corrected chi connectivity index (χ2v) is 10.6. The van der Waals surface area contributed by atoms with E-state index < -0.39 is 0 Å². The summed E-state index contributed by atoms with van der Waals surface area (Å²) in [4.78, 5) is 17.8. The highest BCUT2D eigenvalue weighted by Gasteiger charge is 2.22. The van der Waals surface area contributed by atoms with Crippen molar-refractivity contribution in [2.45, 2.75) is 20.0 Å². The number of rotatable bonds is 9. The average molecular weight is 545 g/mol. The molecule has 0 aliphatic carbocycles. The molecule has 0 bridgehead atoms. The lowest BCUT2D eigenvalue weighted by atomic mass is 10.0. The molecule has 1 aliphatic rings. The van der Waals surface area contributed by atoms with Gasteiger partial charge in [0.05, 0.1) is 11.2 Å². The van der Waals surface area contributed by atoms with Gasteiger partial charge in [-0.2, -0.15) is 5.10 Å². The van der Waals surface area contributed by atoms with Crippen LogP contribution >= 0.6 is 0 Å². The normalized spacial score (nSPS) is 14.6. The molecular formula is C33H36N8. The molecule has 2 aromatic carbocycles. The van der Waals surface area contributed by atoms with Crippen molar-refractivity contribution in [3.63, 3.8) is 0 Å². The highest BCUT2D eigenvalue weighted by Crippen LogP contribution is 2.32. The summed E-state index contributed by atoms with van der Waals surface area (Å²) in [5.74, 6) is 0.752. The van der Waals surface area contributed by atoms with Crippen LogP contribution in [0.15, 0.2) is 85.7 Å². The van der Waals surface area contributed by atoms with Crippen LogP contribution in [0.4, 0.5) is 0 Å². The largest absolute Gasteiger partial charge is 0.367 e. The van der Waals surface area contributed by atoms with Gasteiger partial charge in [-0.25, -0.2) is 4.98 Å². The van der Waals surface area contributed by atoms with Gasteiger partial charge in [0.2, 0.25) is 0 Å². The summed E-state index contributed by atoms with van der Waals surface area (Å²) in [6, 6.07) is 19.0. The molecule has 8 heteroatoms. The van der Waals surface area contributed by atoms with Crippen LogP contribution in [0.3, 0.4) is 0 Å². The predicted molar refractivity (Wildman–Crippen MR) is 166 cm³/mol. The minimum Gasteiger partial charge on any atom is -0.367 e. The Morgan fingerprint density at radius 1 is 0.976 bits per heavy atom. The molecule has 4 heterocycles. The summed E-state index contributed by atoms with van der Waals surface area (Å²) < 4.78 is 0. The third kappa shape index (κ3) is 5.84. The molecule has 0 spiro atoms. The first kappa shape index (κ1) is 26.7. The van der Waals surface area contributed by atoms with E-state index in [1.54, 1.807) is 0 Å². The van der Waals surface area contributed by atoms with Gasteiger partial charge in [-0.3, -0.25) is 10.1 Å². The number of likely N-dealkylation sites (N-methyl/N-ethyl adjacent to an activating group) is 1. The summed E-state index contributed by atoms with van der Waals surface area (Å²) in [5.41, 5.74) is 9.39. The van der Waals surface area contributed by atoms with Crippen molar-refractivity contribution in [2.24, 2.45) is 0 Å². The molecular weight excluding hydrogens is 508 g/mol. The number of hydrogen-bond acceptors (Lipinski definition) is 6. The maximum Gasteiger partial charge on any atom is 0.159 e. The number of benzene rings is 2. The van der Waals surface area contributed by atoms with Gasteiger partial charge in [0.1, 0.15) is 11.4 Å². The van der Waals surface area contributed by atoms with Crippen molar-refractivity contribution < 1.29 is 0 Å². The summed E-state index contributed by atoms with van der Waals surface area (Å²) in [6.07, 6.45) is 7.75. The molecule has 208 valence electrons. The van der Waals surface area contributed by atoms with Gasteiger partial charge in [0.25, 0.3) is 0 Å². The second kappa shape index (κ2) is 11.9. The van der Waals surface area contributed by atoms with Crippen LogP contribution in [-0.4, -0.2) is 68.2 Å². The van der Waals surface area contributed by atoms with E-state index in [1.807, 2.05) is 24.5 Å². The minimum absolute atomic E-state index is 0.747. The smallest absolute Gasteiger partial charge is 0.159 e. The van der Waals surface area contributed by atoms with Crippen LogP contribution in [0.25, 0.3) is 39.2 Å². The van der Waals surface area contributed by atoms with Crippen molar-refractivity contribution in [1.29, 1.82) is 0 Å². The zero-order valence-electron chi connectivity index (χ0n) is 23.7. The van der Waals surface area contributed by atoms with E-state index in [9.17, 15) is 0 Å². The summed E-state index contributed by atoms with van der Waals surface area (Å²) >= 11 is 0. The second-order valence-electron chi connectivity index (χ2n) is 10.6. The zero-order valence-corrected chi connectivity index (χ0v) is 23.7. The lowest BCUT2D eigenvalue weighted by Gasteiger charge is -2.35. The molecule has 0 atom stereocenters. The Bertz CT molecular complexity index is 1670. The van der Waals surface area contributed by atoms with Crippen molar-refractivity contribution in [3.8, 4) is 22.6 Å². The van der Waals surface area contributed by atoms with Gasteiger partial charge in [0, 0.05) is 68.3 Å². The number of aromatic nitrogens is 5. The number of aryl methyl sites for hydroxylation is 1. The number of fused-ring (bicyclic) bond motifs is 1. The monoisotopic (exact) mass is 544 g/mol. The first-order valence-corrected chi connectivity index (χ1v) is 14.1. The molecule has 0 radical (unpaired) electrons. The molecule has 8 nitrogen and oxygen atoms in total. The third-order valence-electron chi connectivity index (χ3n) is 7.66. The average Bonchev–Trinajstić information content (AvgIpc) is 3.60. The Kier molecular flexibility index (Phi) is 7.75. The maximum atomic E-state index is 5.06. The van der Waals surface area contributed by atoms with Gasteiger partial charge >= 0.3 is 0 Å². The molecule has 1 fully saturated rings. The standard InChI is InChI=1S/C33H36N8/c1-4-8-30(41-15-13-40(3)14-16-41)31-23(2)36-33(37-31)32-28-18-26(11-12-29(28)38-39-32)27-17-25(21-35-22-27)20-34-19-24-9-6-5-7-10-24/h4-12,17-18,21-22,34H,1,13-16,19-20H2,2-3H3,(H,36,37)(H,38,39)/b30-8+. The fourth-order valence-electron chi connectivity index (χ4n) is 5.38. The Labute approximate surface area is 240 Å². The first-order valence-electron chi connectivity index (χ1n) is 14.1. The quantitative estimate of drug-likeness (QED) is 0.216. The number of pyridine rings is 1. The van der Waals surface area contributed by atoms with E-state index in [1.165, 1.54) is 5.56 Å². The number of nitrogens with one attached hydrogen (secondary N) is 3. The number of hydrogen-bond donors (Lipinski definition) is 3. The number of nitrogens with zero attached hydrogens (tertiary/aromatic N) is 5. The molecule has 3 aromatic heterocycles. The van der Waals surface area contributed by atoms with Gasteiger partial charge in [-0.15, -0.1) is 0 Å². The zero-order chi connectivity index (χ0) is 28.2. The maximum absolute atomic E-state index is 5.06. The molecule has 1 aliphatic heterocycles. The molecule has 0 saturated carbocycles.